The standard InChI is InChI=1S/C14H15F2NS/c1-3-10-5-6-11(18-10)8-17-14-12(15)7-4-9(2)13(14)16/h4-7,17H,3,8H2,1-2H3. The summed E-state index contributed by atoms with van der Waals surface area (Å²) in [5.74, 6) is -1.06. The zero-order valence-corrected chi connectivity index (χ0v) is 11.2. The van der Waals surface area contributed by atoms with Crippen LogP contribution < -0.4 is 5.32 Å². The number of anilines is 1. The third-order valence-electron chi connectivity index (χ3n) is 2.79. The highest BCUT2D eigenvalue weighted by atomic mass is 32.1. The first-order valence-corrected chi connectivity index (χ1v) is 6.69. The van der Waals surface area contributed by atoms with E-state index in [1.807, 2.05) is 12.1 Å². The number of nitrogens with one attached hydrogen (secondary N) is 1. The molecule has 2 rings (SSSR count). The Hall–Kier alpha value is -1.42. The third kappa shape index (κ3) is 2.70. The minimum Gasteiger partial charge on any atom is -0.375 e. The van der Waals surface area contributed by atoms with Crippen molar-refractivity contribution >= 4 is 17.0 Å². The van der Waals surface area contributed by atoms with Crippen molar-refractivity contribution in [2.45, 2.75) is 26.8 Å². The highest BCUT2D eigenvalue weighted by Crippen LogP contribution is 2.24. The quantitative estimate of drug-likeness (QED) is 0.859. The van der Waals surface area contributed by atoms with Gasteiger partial charge in [-0.15, -0.1) is 11.3 Å². The van der Waals surface area contributed by atoms with Crippen LogP contribution in [0.4, 0.5) is 14.5 Å². The van der Waals surface area contributed by atoms with Crippen LogP contribution in [0.25, 0.3) is 0 Å². The van der Waals surface area contributed by atoms with E-state index >= 15 is 0 Å². The van der Waals surface area contributed by atoms with E-state index in [0.717, 1.165) is 11.3 Å². The molecule has 18 heavy (non-hydrogen) atoms. The Balaban J connectivity index is 2.12. The molecular formula is C14H15F2NS. The molecule has 0 atom stereocenters. The van der Waals surface area contributed by atoms with Gasteiger partial charge in [0.25, 0.3) is 0 Å². The summed E-state index contributed by atoms with van der Waals surface area (Å²) in [5.41, 5.74) is 0.403. The summed E-state index contributed by atoms with van der Waals surface area (Å²) < 4.78 is 27.2. The van der Waals surface area contributed by atoms with Crippen LogP contribution in [0.3, 0.4) is 0 Å². The second kappa shape index (κ2) is 5.48. The van der Waals surface area contributed by atoms with Crippen molar-refractivity contribution in [3.05, 3.63) is 51.2 Å². The first-order valence-electron chi connectivity index (χ1n) is 5.88. The molecule has 1 heterocycles. The summed E-state index contributed by atoms with van der Waals surface area (Å²) in [4.78, 5) is 2.35. The molecule has 2 aromatic rings. The molecule has 0 aliphatic carbocycles. The Morgan fingerprint density at radius 1 is 1.11 bits per heavy atom. The Bertz CT molecular complexity index is 549. The fourth-order valence-electron chi connectivity index (χ4n) is 1.70. The van der Waals surface area contributed by atoms with E-state index in [1.165, 1.54) is 17.0 Å². The van der Waals surface area contributed by atoms with Crippen molar-refractivity contribution in [1.29, 1.82) is 0 Å². The second-order valence-electron chi connectivity index (χ2n) is 4.13. The maximum atomic E-state index is 13.7. The van der Waals surface area contributed by atoms with Crippen LogP contribution in [-0.2, 0) is 13.0 Å². The zero-order valence-electron chi connectivity index (χ0n) is 10.4. The number of aryl methyl sites for hydroxylation is 2. The fourth-order valence-corrected chi connectivity index (χ4v) is 2.60. The van der Waals surface area contributed by atoms with Crippen LogP contribution in [0.1, 0.15) is 22.2 Å². The normalized spacial score (nSPS) is 10.7. The van der Waals surface area contributed by atoms with Crippen molar-refractivity contribution < 1.29 is 8.78 Å². The summed E-state index contributed by atoms with van der Waals surface area (Å²) in [5, 5.41) is 2.84. The zero-order chi connectivity index (χ0) is 13.1. The molecule has 0 radical (unpaired) electrons. The highest BCUT2D eigenvalue weighted by molar-refractivity contribution is 7.12. The predicted molar refractivity (Wildman–Crippen MR) is 72.1 cm³/mol. The molecule has 4 heteroatoms. The molecule has 0 bridgehead atoms. The highest BCUT2D eigenvalue weighted by Gasteiger charge is 2.11. The Morgan fingerprint density at radius 2 is 1.83 bits per heavy atom. The van der Waals surface area contributed by atoms with Gasteiger partial charge in [-0.3, -0.25) is 0 Å². The average molecular weight is 267 g/mol. The topological polar surface area (TPSA) is 12.0 Å². The monoisotopic (exact) mass is 267 g/mol. The molecule has 0 saturated heterocycles. The first kappa shape index (κ1) is 13.0. The van der Waals surface area contributed by atoms with E-state index < -0.39 is 11.6 Å². The number of rotatable bonds is 4. The molecule has 1 N–H and O–H groups in total. The summed E-state index contributed by atoms with van der Waals surface area (Å²) in [7, 11) is 0. The lowest BCUT2D eigenvalue weighted by atomic mass is 10.2. The van der Waals surface area contributed by atoms with Gasteiger partial charge in [0.05, 0.1) is 0 Å². The van der Waals surface area contributed by atoms with Gasteiger partial charge in [0.2, 0.25) is 0 Å². The Kier molecular flexibility index (Phi) is 3.97. The van der Waals surface area contributed by atoms with Crippen molar-refractivity contribution in [3.63, 3.8) is 0 Å². The van der Waals surface area contributed by atoms with Gasteiger partial charge in [0.1, 0.15) is 11.5 Å². The van der Waals surface area contributed by atoms with Gasteiger partial charge in [0.15, 0.2) is 5.82 Å². The van der Waals surface area contributed by atoms with Crippen molar-refractivity contribution in [1.82, 2.24) is 0 Å². The summed E-state index contributed by atoms with van der Waals surface area (Å²) >= 11 is 1.66. The van der Waals surface area contributed by atoms with Gasteiger partial charge >= 0.3 is 0 Å². The fraction of sp³-hybridized carbons (Fsp3) is 0.286. The number of hydrogen-bond donors (Lipinski definition) is 1. The van der Waals surface area contributed by atoms with E-state index in [-0.39, 0.29) is 5.69 Å². The van der Waals surface area contributed by atoms with E-state index in [9.17, 15) is 8.78 Å². The van der Waals surface area contributed by atoms with Gasteiger partial charge in [-0.25, -0.2) is 8.78 Å². The van der Waals surface area contributed by atoms with Crippen molar-refractivity contribution in [3.8, 4) is 0 Å². The number of halogens is 2. The van der Waals surface area contributed by atoms with Crippen LogP contribution in [0.15, 0.2) is 24.3 Å². The Morgan fingerprint density at radius 3 is 2.50 bits per heavy atom. The van der Waals surface area contributed by atoms with E-state index in [4.69, 9.17) is 0 Å². The second-order valence-corrected chi connectivity index (χ2v) is 5.38. The van der Waals surface area contributed by atoms with Crippen LogP contribution in [0.2, 0.25) is 0 Å². The molecule has 1 nitrogen and oxygen atoms in total. The molecular weight excluding hydrogens is 252 g/mol. The van der Waals surface area contributed by atoms with Gasteiger partial charge in [-0.1, -0.05) is 13.0 Å². The smallest absolute Gasteiger partial charge is 0.152 e. The van der Waals surface area contributed by atoms with Crippen molar-refractivity contribution in [2.24, 2.45) is 0 Å². The molecule has 0 aliphatic rings. The summed E-state index contributed by atoms with van der Waals surface area (Å²) in [6, 6.07) is 6.76. The number of hydrogen-bond acceptors (Lipinski definition) is 2. The largest absolute Gasteiger partial charge is 0.375 e. The molecule has 0 amide bonds. The van der Waals surface area contributed by atoms with Crippen LogP contribution in [-0.4, -0.2) is 0 Å². The van der Waals surface area contributed by atoms with Crippen LogP contribution in [0.5, 0.6) is 0 Å². The molecule has 0 aliphatic heterocycles. The van der Waals surface area contributed by atoms with Crippen LogP contribution >= 0.6 is 11.3 Å². The maximum Gasteiger partial charge on any atom is 0.152 e. The van der Waals surface area contributed by atoms with Crippen molar-refractivity contribution in [2.75, 3.05) is 5.32 Å². The number of thiophene rings is 1. The maximum absolute atomic E-state index is 13.7. The first-order chi connectivity index (χ1) is 8.61. The average Bonchev–Trinajstić information content (AvgIpc) is 2.82. The molecule has 96 valence electrons. The minimum absolute atomic E-state index is 0.0403. The molecule has 1 aromatic heterocycles. The van der Waals surface area contributed by atoms with E-state index in [0.29, 0.717) is 12.1 Å². The molecule has 1 aromatic carbocycles. The Labute approximate surface area is 109 Å². The van der Waals surface area contributed by atoms with Crippen LogP contribution in [0, 0.1) is 18.6 Å². The lowest BCUT2D eigenvalue weighted by molar-refractivity contribution is 0.582. The summed E-state index contributed by atoms with van der Waals surface area (Å²) in [6.07, 6.45) is 0.984. The van der Waals surface area contributed by atoms with Gasteiger partial charge in [-0.2, -0.15) is 0 Å². The lowest BCUT2D eigenvalue weighted by Crippen LogP contribution is -2.03. The SMILES string of the molecule is CCc1ccc(CNc2c(F)ccc(C)c2F)s1. The lowest BCUT2D eigenvalue weighted by Gasteiger charge is -2.09. The molecule has 0 unspecified atom stereocenters. The summed E-state index contributed by atoms with van der Waals surface area (Å²) in [6.45, 7) is 4.16. The third-order valence-corrected chi connectivity index (χ3v) is 4.02. The minimum atomic E-state index is -0.551. The van der Waals surface area contributed by atoms with Gasteiger partial charge < -0.3 is 5.32 Å². The van der Waals surface area contributed by atoms with Gasteiger partial charge in [0, 0.05) is 16.3 Å². The molecule has 0 fully saturated rings. The predicted octanol–water partition coefficient (Wildman–Crippen LogP) is 4.51. The molecule has 0 saturated carbocycles. The van der Waals surface area contributed by atoms with E-state index in [1.54, 1.807) is 18.3 Å². The van der Waals surface area contributed by atoms with E-state index in [2.05, 4.69) is 12.2 Å². The van der Waals surface area contributed by atoms with Gasteiger partial charge in [-0.05, 0) is 37.1 Å². The number of benzene rings is 1. The molecule has 0 spiro atoms.